The quantitative estimate of drug-likeness (QED) is 0.852. The molecule has 1 aromatic carbocycles. The molecule has 1 aromatic rings. The van der Waals surface area contributed by atoms with Crippen molar-refractivity contribution in [2.45, 2.75) is 39.1 Å². The van der Waals surface area contributed by atoms with Gasteiger partial charge in [-0.2, -0.15) is 0 Å². The second-order valence-electron chi connectivity index (χ2n) is 5.34. The van der Waals surface area contributed by atoms with Crippen LogP contribution in [0.5, 0.6) is 5.75 Å². The van der Waals surface area contributed by atoms with Gasteiger partial charge in [0, 0.05) is 18.1 Å². The van der Waals surface area contributed by atoms with E-state index in [1.807, 2.05) is 13.8 Å². The average Bonchev–Trinajstić information content (AvgIpc) is 2.40. The Morgan fingerprint density at radius 1 is 1.33 bits per heavy atom. The number of benzene rings is 1. The van der Waals surface area contributed by atoms with E-state index >= 15 is 0 Å². The fraction of sp³-hybridized carbons (Fsp3) is 0.533. The topological polar surface area (TPSA) is 38.8 Å². The van der Waals surface area contributed by atoms with Gasteiger partial charge in [-0.25, -0.2) is 0 Å². The monoisotopic (exact) mass is 331 g/mol. The van der Waals surface area contributed by atoms with Crippen molar-refractivity contribution in [3.05, 3.63) is 28.2 Å². The fourth-order valence-electron chi connectivity index (χ4n) is 2.43. The van der Waals surface area contributed by atoms with E-state index in [1.165, 1.54) is 0 Å². The van der Waals surface area contributed by atoms with E-state index in [0.717, 1.165) is 0 Å². The molecular weight excluding hydrogens is 313 g/mol. The van der Waals surface area contributed by atoms with Crippen LogP contribution in [-0.4, -0.2) is 42.2 Å². The maximum absolute atomic E-state index is 12.4. The van der Waals surface area contributed by atoms with Gasteiger partial charge in [-0.1, -0.05) is 23.2 Å². The van der Waals surface area contributed by atoms with Crippen LogP contribution < -0.4 is 4.74 Å². The van der Waals surface area contributed by atoms with E-state index in [1.54, 1.807) is 30.0 Å². The van der Waals surface area contributed by atoms with Crippen molar-refractivity contribution in [3.63, 3.8) is 0 Å². The van der Waals surface area contributed by atoms with Gasteiger partial charge in [-0.15, -0.1) is 0 Å². The van der Waals surface area contributed by atoms with E-state index < -0.39 is 6.10 Å². The third-order valence-electron chi connectivity index (χ3n) is 3.28. The molecule has 21 heavy (non-hydrogen) atoms. The summed E-state index contributed by atoms with van der Waals surface area (Å²) in [6.07, 6.45) is -0.547. The lowest BCUT2D eigenvalue weighted by molar-refractivity contribution is -0.149. The van der Waals surface area contributed by atoms with E-state index in [2.05, 4.69) is 0 Å². The van der Waals surface area contributed by atoms with E-state index in [-0.39, 0.29) is 18.1 Å². The number of carbonyl (C=O) groups is 1. The molecule has 1 heterocycles. The molecule has 0 aliphatic carbocycles. The van der Waals surface area contributed by atoms with Crippen molar-refractivity contribution in [1.82, 2.24) is 4.90 Å². The molecular formula is C15H19Cl2NO3. The molecule has 0 bridgehead atoms. The van der Waals surface area contributed by atoms with Crippen LogP contribution in [0.3, 0.4) is 0 Å². The van der Waals surface area contributed by atoms with Crippen LogP contribution in [0, 0.1) is 0 Å². The zero-order chi connectivity index (χ0) is 15.6. The molecule has 0 saturated carbocycles. The number of hydrogen-bond acceptors (Lipinski definition) is 3. The second kappa shape index (κ2) is 6.86. The molecule has 116 valence electrons. The summed E-state index contributed by atoms with van der Waals surface area (Å²) in [6, 6.07) is 4.94. The molecule has 4 nitrogen and oxygen atoms in total. The predicted octanol–water partition coefficient (Wildman–Crippen LogP) is 3.40. The largest absolute Gasteiger partial charge is 0.479 e. The highest BCUT2D eigenvalue weighted by molar-refractivity contribution is 6.35. The Morgan fingerprint density at radius 2 is 1.95 bits per heavy atom. The van der Waals surface area contributed by atoms with Gasteiger partial charge >= 0.3 is 0 Å². The molecule has 0 unspecified atom stereocenters. The van der Waals surface area contributed by atoms with E-state index in [0.29, 0.717) is 28.9 Å². The minimum absolute atomic E-state index is 0.0315. The van der Waals surface area contributed by atoms with Crippen LogP contribution in [0.25, 0.3) is 0 Å². The van der Waals surface area contributed by atoms with Gasteiger partial charge < -0.3 is 14.4 Å². The first-order valence-corrected chi connectivity index (χ1v) is 7.68. The predicted molar refractivity (Wildman–Crippen MR) is 83.1 cm³/mol. The average molecular weight is 332 g/mol. The number of morpholine rings is 1. The maximum atomic E-state index is 12.4. The van der Waals surface area contributed by atoms with Gasteiger partial charge in [0.05, 0.1) is 17.2 Å². The minimum atomic E-state index is -0.610. The molecule has 0 N–H and O–H groups in total. The summed E-state index contributed by atoms with van der Waals surface area (Å²) in [5, 5.41) is 0.924. The lowest BCUT2D eigenvalue weighted by Gasteiger charge is -2.36. The Morgan fingerprint density at radius 3 is 2.52 bits per heavy atom. The zero-order valence-electron chi connectivity index (χ0n) is 12.3. The molecule has 1 fully saturated rings. The molecule has 1 aliphatic heterocycles. The summed E-state index contributed by atoms with van der Waals surface area (Å²) >= 11 is 11.9. The van der Waals surface area contributed by atoms with Crippen LogP contribution in [0.1, 0.15) is 20.8 Å². The standard InChI is InChI=1S/C15H19Cl2NO3/c1-9-7-18(8-10(2)20-9)15(19)11(3)21-14-5-4-12(16)6-13(14)17/h4-6,9-11H,7-8H2,1-3H3/t9-,10-,11+/m0/s1. The lowest BCUT2D eigenvalue weighted by Crippen LogP contribution is -2.51. The first-order chi connectivity index (χ1) is 9.86. The molecule has 2 rings (SSSR count). The molecule has 0 spiro atoms. The number of amides is 1. The van der Waals surface area contributed by atoms with Gasteiger partial charge in [0.1, 0.15) is 5.75 Å². The number of rotatable bonds is 3. The highest BCUT2D eigenvalue weighted by Crippen LogP contribution is 2.28. The van der Waals surface area contributed by atoms with Crippen molar-refractivity contribution in [3.8, 4) is 5.75 Å². The Kier molecular flexibility index (Phi) is 5.36. The van der Waals surface area contributed by atoms with Gasteiger partial charge in [-0.3, -0.25) is 4.79 Å². The van der Waals surface area contributed by atoms with Crippen molar-refractivity contribution in [1.29, 1.82) is 0 Å². The highest BCUT2D eigenvalue weighted by Gasteiger charge is 2.29. The van der Waals surface area contributed by atoms with E-state index in [4.69, 9.17) is 32.7 Å². The fourth-order valence-corrected chi connectivity index (χ4v) is 2.88. The summed E-state index contributed by atoms with van der Waals surface area (Å²) < 4.78 is 11.3. The van der Waals surface area contributed by atoms with Gasteiger partial charge in [-0.05, 0) is 39.0 Å². The Bertz CT molecular complexity index is 514. The van der Waals surface area contributed by atoms with Crippen LogP contribution in [0.2, 0.25) is 10.0 Å². The normalized spacial score (nSPS) is 23.8. The van der Waals surface area contributed by atoms with Crippen LogP contribution in [0.4, 0.5) is 0 Å². The van der Waals surface area contributed by atoms with Gasteiger partial charge in [0.25, 0.3) is 5.91 Å². The summed E-state index contributed by atoms with van der Waals surface area (Å²) in [5.41, 5.74) is 0. The first-order valence-electron chi connectivity index (χ1n) is 6.92. The number of carbonyl (C=O) groups excluding carboxylic acids is 1. The maximum Gasteiger partial charge on any atom is 0.263 e. The minimum Gasteiger partial charge on any atom is -0.479 e. The van der Waals surface area contributed by atoms with Crippen LogP contribution in [0.15, 0.2) is 18.2 Å². The summed E-state index contributed by atoms with van der Waals surface area (Å²) in [4.78, 5) is 14.2. The molecule has 0 aromatic heterocycles. The van der Waals surface area contributed by atoms with Crippen molar-refractivity contribution in [2.75, 3.05) is 13.1 Å². The number of nitrogens with zero attached hydrogens (tertiary/aromatic N) is 1. The van der Waals surface area contributed by atoms with Crippen molar-refractivity contribution in [2.24, 2.45) is 0 Å². The summed E-state index contributed by atoms with van der Waals surface area (Å²) in [5.74, 6) is 0.388. The van der Waals surface area contributed by atoms with Gasteiger partial charge in [0.15, 0.2) is 6.10 Å². The van der Waals surface area contributed by atoms with Crippen molar-refractivity contribution >= 4 is 29.1 Å². The second-order valence-corrected chi connectivity index (χ2v) is 6.18. The number of halogens is 2. The molecule has 6 heteroatoms. The molecule has 3 atom stereocenters. The molecule has 1 amide bonds. The molecule has 0 radical (unpaired) electrons. The SMILES string of the molecule is C[C@H]1CN(C(=O)[C@@H](C)Oc2ccc(Cl)cc2Cl)C[C@H](C)O1. The third-order valence-corrected chi connectivity index (χ3v) is 3.81. The summed E-state index contributed by atoms with van der Waals surface area (Å²) in [7, 11) is 0. The number of hydrogen-bond donors (Lipinski definition) is 0. The van der Waals surface area contributed by atoms with Crippen molar-refractivity contribution < 1.29 is 14.3 Å². The highest BCUT2D eigenvalue weighted by atomic mass is 35.5. The van der Waals surface area contributed by atoms with Crippen LogP contribution >= 0.6 is 23.2 Å². The first kappa shape index (κ1) is 16.4. The lowest BCUT2D eigenvalue weighted by atomic mass is 10.2. The van der Waals surface area contributed by atoms with E-state index in [9.17, 15) is 4.79 Å². The van der Waals surface area contributed by atoms with Gasteiger partial charge in [0.2, 0.25) is 0 Å². The third kappa shape index (κ3) is 4.25. The smallest absolute Gasteiger partial charge is 0.263 e. The zero-order valence-corrected chi connectivity index (χ0v) is 13.8. The molecule has 1 aliphatic rings. The summed E-state index contributed by atoms with van der Waals surface area (Å²) in [6.45, 7) is 6.78. The van der Waals surface area contributed by atoms with Crippen LogP contribution in [-0.2, 0) is 9.53 Å². The Balaban J connectivity index is 2.02. The number of ether oxygens (including phenoxy) is 2. The Labute approximate surface area is 134 Å². The Hall–Kier alpha value is -0.970. The molecule has 1 saturated heterocycles.